The fourth-order valence-electron chi connectivity index (χ4n) is 1.88. The predicted octanol–water partition coefficient (Wildman–Crippen LogP) is 3.46. The van der Waals surface area contributed by atoms with Crippen molar-refractivity contribution in [1.29, 1.82) is 0 Å². The van der Waals surface area contributed by atoms with Gasteiger partial charge >= 0.3 is 5.97 Å². The van der Waals surface area contributed by atoms with Gasteiger partial charge in [0.05, 0.1) is 0 Å². The Bertz CT molecular complexity index is 229. The summed E-state index contributed by atoms with van der Waals surface area (Å²) >= 11 is 0. The fraction of sp³-hybridized carbons (Fsp3) is 0.769. The molecule has 0 aliphatic heterocycles. The molecule has 0 aromatic rings. The molecule has 1 rings (SSSR count). The molecule has 0 amide bonds. The molecule has 1 aliphatic carbocycles. The van der Waals surface area contributed by atoms with Crippen molar-refractivity contribution in [1.82, 2.24) is 0 Å². The molecule has 0 atom stereocenters. The lowest BCUT2D eigenvalue weighted by Crippen LogP contribution is -2.22. The summed E-state index contributed by atoms with van der Waals surface area (Å²) in [6.45, 7) is 5.66. The Morgan fingerprint density at radius 2 is 1.80 bits per heavy atom. The van der Waals surface area contributed by atoms with Gasteiger partial charge in [-0.2, -0.15) is 0 Å². The van der Waals surface area contributed by atoms with E-state index < -0.39 is 0 Å². The Morgan fingerprint density at radius 3 is 2.33 bits per heavy atom. The first kappa shape index (κ1) is 12.3. The van der Waals surface area contributed by atoms with Gasteiger partial charge in [0, 0.05) is 6.08 Å². The highest BCUT2D eigenvalue weighted by Gasteiger charge is 2.15. The van der Waals surface area contributed by atoms with Crippen LogP contribution in [0.5, 0.6) is 0 Å². The van der Waals surface area contributed by atoms with Crippen LogP contribution in [0, 0.1) is 5.92 Å². The first-order valence-electron chi connectivity index (χ1n) is 5.88. The van der Waals surface area contributed by atoms with Gasteiger partial charge in [0.2, 0.25) is 0 Å². The lowest BCUT2D eigenvalue weighted by atomic mass is 9.89. The van der Waals surface area contributed by atoms with Gasteiger partial charge in [-0.05, 0) is 39.5 Å². The summed E-state index contributed by atoms with van der Waals surface area (Å²) < 4.78 is 5.20. The smallest absolute Gasteiger partial charge is 0.330 e. The summed E-state index contributed by atoms with van der Waals surface area (Å²) in [6, 6.07) is 0. The maximum Gasteiger partial charge on any atom is 0.330 e. The first-order valence-corrected chi connectivity index (χ1v) is 5.88. The van der Waals surface area contributed by atoms with Crippen molar-refractivity contribution >= 4 is 5.97 Å². The maximum atomic E-state index is 11.4. The number of hydrogen-bond acceptors (Lipinski definition) is 2. The number of rotatable bonds is 2. The van der Waals surface area contributed by atoms with Crippen LogP contribution in [0.4, 0.5) is 0 Å². The van der Waals surface area contributed by atoms with Crippen molar-refractivity contribution in [2.45, 2.75) is 58.5 Å². The van der Waals surface area contributed by atoms with Crippen LogP contribution in [0.3, 0.4) is 0 Å². The van der Waals surface area contributed by atoms with Crippen LogP contribution < -0.4 is 0 Å². The second-order valence-corrected chi connectivity index (χ2v) is 5.29. The van der Waals surface area contributed by atoms with E-state index >= 15 is 0 Å². The summed E-state index contributed by atoms with van der Waals surface area (Å²) in [7, 11) is 0. The van der Waals surface area contributed by atoms with E-state index in [0.29, 0.717) is 5.92 Å². The van der Waals surface area contributed by atoms with E-state index in [-0.39, 0.29) is 11.6 Å². The SMILES string of the molecule is CC(C)(C)OC(=O)/C=C/C1CCCCC1. The zero-order chi connectivity index (χ0) is 11.3. The average Bonchev–Trinajstić information content (AvgIpc) is 2.14. The van der Waals surface area contributed by atoms with Gasteiger partial charge < -0.3 is 4.74 Å². The van der Waals surface area contributed by atoms with E-state index in [2.05, 4.69) is 0 Å². The van der Waals surface area contributed by atoms with E-state index in [9.17, 15) is 4.79 Å². The molecule has 0 saturated heterocycles. The molecule has 0 spiro atoms. The Morgan fingerprint density at radius 1 is 1.20 bits per heavy atom. The molecule has 1 aliphatic rings. The molecule has 2 nitrogen and oxygen atoms in total. The van der Waals surface area contributed by atoms with Crippen LogP contribution in [0.15, 0.2) is 12.2 Å². The summed E-state index contributed by atoms with van der Waals surface area (Å²) in [4.78, 5) is 11.4. The summed E-state index contributed by atoms with van der Waals surface area (Å²) in [5.74, 6) is 0.374. The Kier molecular flexibility index (Phi) is 4.37. The summed E-state index contributed by atoms with van der Waals surface area (Å²) in [6.07, 6.45) is 10.00. The number of allylic oxidation sites excluding steroid dienone is 1. The van der Waals surface area contributed by atoms with Gasteiger partial charge in [-0.25, -0.2) is 4.79 Å². The van der Waals surface area contributed by atoms with E-state index in [1.165, 1.54) is 32.1 Å². The zero-order valence-electron chi connectivity index (χ0n) is 10.1. The van der Waals surface area contributed by atoms with E-state index in [4.69, 9.17) is 4.74 Å². The molecule has 0 bridgehead atoms. The second-order valence-electron chi connectivity index (χ2n) is 5.29. The van der Waals surface area contributed by atoms with Gasteiger partial charge in [-0.15, -0.1) is 0 Å². The molecule has 2 heteroatoms. The number of carbonyl (C=O) groups excluding carboxylic acids is 1. The van der Waals surface area contributed by atoms with Crippen LogP contribution in [-0.4, -0.2) is 11.6 Å². The molecule has 0 heterocycles. The molecule has 1 saturated carbocycles. The second kappa shape index (κ2) is 5.34. The molecule has 0 N–H and O–H groups in total. The van der Waals surface area contributed by atoms with Crippen molar-refractivity contribution in [3.05, 3.63) is 12.2 Å². The van der Waals surface area contributed by atoms with Gasteiger partial charge in [0.1, 0.15) is 5.60 Å². The minimum Gasteiger partial charge on any atom is -0.457 e. The van der Waals surface area contributed by atoms with Crippen molar-refractivity contribution in [2.24, 2.45) is 5.92 Å². The van der Waals surface area contributed by atoms with Crippen molar-refractivity contribution < 1.29 is 9.53 Å². The third-order valence-electron chi connectivity index (χ3n) is 2.56. The molecule has 0 radical (unpaired) electrons. The fourth-order valence-corrected chi connectivity index (χ4v) is 1.88. The van der Waals surface area contributed by atoms with E-state index in [0.717, 1.165) is 0 Å². The highest BCUT2D eigenvalue weighted by Crippen LogP contribution is 2.24. The van der Waals surface area contributed by atoms with Crippen LogP contribution in [0.2, 0.25) is 0 Å². The molecular weight excluding hydrogens is 188 g/mol. The number of esters is 1. The Balaban J connectivity index is 2.33. The summed E-state index contributed by atoms with van der Waals surface area (Å²) in [5, 5.41) is 0. The predicted molar refractivity (Wildman–Crippen MR) is 61.6 cm³/mol. The molecule has 0 aromatic heterocycles. The van der Waals surface area contributed by atoms with Crippen LogP contribution in [-0.2, 0) is 9.53 Å². The minimum absolute atomic E-state index is 0.215. The Hall–Kier alpha value is -0.790. The highest BCUT2D eigenvalue weighted by molar-refractivity contribution is 5.82. The molecular formula is C13H22O2. The topological polar surface area (TPSA) is 26.3 Å². The van der Waals surface area contributed by atoms with Crippen molar-refractivity contribution in [3.8, 4) is 0 Å². The quantitative estimate of drug-likeness (QED) is 0.515. The average molecular weight is 210 g/mol. The van der Waals surface area contributed by atoms with E-state index in [1.807, 2.05) is 26.8 Å². The third kappa shape index (κ3) is 5.60. The van der Waals surface area contributed by atoms with Crippen LogP contribution in [0.25, 0.3) is 0 Å². The number of ether oxygens (including phenoxy) is 1. The van der Waals surface area contributed by atoms with Gasteiger partial charge in [0.15, 0.2) is 0 Å². The van der Waals surface area contributed by atoms with Gasteiger partial charge in [0.25, 0.3) is 0 Å². The highest BCUT2D eigenvalue weighted by atomic mass is 16.6. The lowest BCUT2D eigenvalue weighted by Gasteiger charge is -2.19. The molecule has 15 heavy (non-hydrogen) atoms. The monoisotopic (exact) mass is 210 g/mol. The maximum absolute atomic E-state index is 11.4. The van der Waals surface area contributed by atoms with Crippen molar-refractivity contribution in [2.75, 3.05) is 0 Å². The summed E-state index contributed by atoms with van der Waals surface area (Å²) in [5.41, 5.74) is -0.381. The van der Waals surface area contributed by atoms with Crippen LogP contribution >= 0.6 is 0 Å². The van der Waals surface area contributed by atoms with E-state index in [1.54, 1.807) is 6.08 Å². The van der Waals surface area contributed by atoms with Crippen LogP contribution in [0.1, 0.15) is 52.9 Å². The Labute approximate surface area is 92.7 Å². The normalized spacial score (nSPS) is 19.4. The minimum atomic E-state index is -0.381. The van der Waals surface area contributed by atoms with Gasteiger partial charge in [-0.3, -0.25) is 0 Å². The third-order valence-corrected chi connectivity index (χ3v) is 2.56. The van der Waals surface area contributed by atoms with Gasteiger partial charge in [-0.1, -0.05) is 25.3 Å². The first-order chi connectivity index (χ1) is 6.97. The molecule has 0 unspecified atom stereocenters. The van der Waals surface area contributed by atoms with Crippen molar-refractivity contribution in [3.63, 3.8) is 0 Å². The molecule has 1 fully saturated rings. The molecule has 86 valence electrons. The standard InChI is InChI=1S/C13H22O2/c1-13(2,3)15-12(14)10-9-11-7-5-4-6-8-11/h9-11H,4-8H2,1-3H3/b10-9+. The number of carbonyl (C=O) groups is 1. The largest absolute Gasteiger partial charge is 0.457 e. The molecule has 0 aromatic carbocycles. The zero-order valence-corrected chi connectivity index (χ0v) is 10.1. The lowest BCUT2D eigenvalue weighted by molar-refractivity contribution is -0.148. The number of hydrogen-bond donors (Lipinski definition) is 0.